The molecule has 0 bridgehead atoms. The maximum Gasteiger partial charge on any atom is 0.252 e. The van der Waals surface area contributed by atoms with Crippen LogP contribution < -0.4 is 0 Å². The van der Waals surface area contributed by atoms with Gasteiger partial charge < -0.3 is 4.90 Å². The lowest BCUT2D eigenvalue weighted by atomic mass is 9.76. The molecule has 0 aromatic heterocycles. The summed E-state index contributed by atoms with van der Waals surface area (Å²) < 4.78 is 14.0. The van der Waals surface area contributed by atoms with Gasteiger partial charge >= 0.3 is 0 Å². The van der Waals surface area contributed by atoms with Crippen LogP contribution in [0.4, 0.5) is 4.39 Å². The summed E-state index contributed by atoms with van der Waals surface area (Å²) in [6.07, 6.45) is 1.12. The lowest BCUT2D eigenvalue weighted by Crippen LogP contribution is -2.32. The van der Waals surface area contributed by atoms with E-state index in [-0.39, 0.29) is 29.3 Å². The van der Waals surface area contributed by atoms with Crippen molar-refractivity contribution in [3.05, 3.63) is 45.3 Å². The fraction of sp³-hybridized carbons (Fsp3) is 0.389. The van der Waals surface area contributed by atoms with E-state index < -0.39 is 0 Å². The number of rotatable bonds is 2. The van der Waals surface area contributed by atoms with Gasteiger partial charge in [0, 0.05) is 30.2 Å². The maximum absolute atomic E-state index is 13.6. The number of halogens is 2. The third kappa shape index (κ3) is 2.19. The largest absolute Gasteiger partial charge is 0.333 e. The van der Waals surface area contributed by atoms with E-state index in [1.165, 1.54) is 6.07 Å². The zero-order valence-electron chi connectivity index (χ0n) is 13.2. The molecular formula is C18H16BrFN2O2. The highest BCUT2D eigenvalue weighted by Gasteiger charge is 2.48. The van der Waals surface area contributed by atoms with Crippen LogP contribution in [0.15, 0.2) is 38.9 Å². The van der Waals surface area contributed by atoms with Gasteiger partial charge in [-0.05, 0) is 47.0 Å². The Morgan fingerprint density at radius 2 is 2.08 bits per heavy atom. The van der Waals surface area contributed by atoms with E-state index >= 15 is 0 Å². The molecule has 0 saturated heterocycles. The molecule has 1 aromatic carbocycles. The Labute approximate surface area is 147 Å². The highest BCUT2D eigenvalue weighted by atomic mass is 79.9. The molecule has 1 saturated carbocycles. The van der Waals surface area contributed by atoms with Gasteiger partial charge in [-0.15, -0.1) is 0 Å². The van der Waals surface area contributed by atoms with Crippen LogP contribution >= 0.6 is 15.9 Å². The van der Waals surface area contributed by atoms with Gasteiger partial charge in [0.25, 0.3) is 5.91 Å². The summed E-state index contributed by atoms with van der Waals surface area (Å²) in [5, 5.41) is 0. The van der Waals surface area contributed by atoms with Gasteiger partial charge in [0.05, 0.1) is 22.6 Å². The van der Waals surface area contributed by atoms with Crippen molar-refractivity contribution < 1.29 is 14.0 Å². The highest BCUT2D eigenvalue weighted by Crippen LogP contribution is 2.46. The second-order valence-corrected chi connectivity index (χ2v) is 7.23. The Morgan fingerprint density at radius 1 is 1.29 bits per heavy atom. The molecule has 1 amide bonds. The number of aliphatic imine (C=N–C) groups is 1. The van der Waals surface area contributed by atoms with Gasteiger partial charge in [-0.25, -0.2) is 4.39 Å². The number of fused-ring (bicyclic) bond motifs is 1. The van der Waals surface area contributed by atoms with Crippen LogP contribution in [0.2, 0.25) is 0 Å². The molecule has 6 heteroatoms. The first-order valence-electron chi connectivity index (χ1n) is 8.08. The highest BCUT2D eigenvalue weighted by molar-refractivity contribution is 9.10. The van der Waals surface area contributed by atoms with E-state index in [1.54, 1.807) is 17.0 Å². The predicted molar refractivity (Wildman–Crippen MR) is 91.3 cm³/mol. The second-order valence-electron chi connectivity index (χ2n) is 6.38. The number of Topliss-reactive ketones (excluding diaryl/α,β-unsaturated/α-hetero) is 1. The number of benzene rings is 1. The molecule has 1 fully saturated rings. The monoisotopic (exact) mass is 390 g/mol. The summed E-state index contributed by atoms with van der Waals surface area (Å²) in [5.74, 6) is -1.04. The van der Waals surface area contributed by atoms with Gasteiger partial charge in [0.15, 0.2) is 0 Å². The van der Waals surface area contributed by atoms with E-state index in [1.807, 2.05) is 6.92 Å². The fourth-order valence-corrected chi connectivity index (χ4v) is 4.35. The topological polar surface area (TPSA) is 49.7 Å². The van der Waals surface area contributed by atoms with E-state index in [0.717, 1.165) is 17.0 Å². The molecule has 1 aromatic rings. The Balaban J connectivity index is 1.87. The number of carbonyl (C=O) groups excluding carboxylic acids is 2. The average molecular weight is 391 g/mol. The molecular weight excluding hydrogens is 375 g/mol. The lowest BCUT2D eigenvalue weighted by molar-refractivity contribution is -0.125. The minimum absolute atomic E-state index is 0.0551. The number of hydrogen-bond donors (Lipinski definition) is 0. The number of nitrogens with zero attached hydrogens (tertiary/aromatic N) is 2. The maximum atomic E-state index is 13.6. The molecule has 0 spiro atoms. The zero-order valence-corrected chi connectivity index (χ0v) is 14.8. The van der Waals surface area contributed by atoms with Crippen molar-refractivity contribution in [2.75, 3.05) is 13.1 Å². The van der Waals surface area contributed by atoms with Crippen molar-refractivity contribution in [2.45, 2.75) is 25.7 Å². The van der Waals surface area contributed by atoms with Crippen molar-refractivity contribution in [1.29, 1.82) is 0 Å². The number of likely N-dealkylation sites (N-methyl/N-ethyl adjacent to an activating group) is 1. The van der Waals surface area contributed by atoms with Crippen LogP contribution in [0.5, 0.6) is 0 Å². The van der Waals surface area contributed by atoms with Gasteiger partial charge in [0.2, 0.25) is 0 Å². The fourth-order valence-electron chi connectivity index (χ4n) is 3.95. The van der Waals surface area contributed by atoms with E-state index in [0.29, 0.717) is 36.0 Å². The molecule has 0 radical (unpaired) electrons. The molecule has 2 aliphatic heterocycles. The van der Waals surface area contributed by atoms with Crippen LogP contribution in [0, 0.1) is 11.7 Å². The SMILES string of the molecule is CCN1CC2=C(C1=O)C(c1ccc(F)c(Br)c1)C1C(=O)CCC1=N2. The molecule has 124 valence electrons. The second kappa shape index (κ2) is 5.62. The van der Waals surface area contributed by atoms with Crippen LogP contribution in [-0.4, -0.2) is 35.4 Å². The predicted octanol–water partition coefficient (Wildman–Crippen LogP) is 3.22. The van der Waals surface area contributed by atoms with Crippen LogP contribution in [-0.2, 0) is 9.59 Å². The number of carbonyl (C=O) groups is 2. The molecule has 3 aliphatic rings. The quantitative estimate of drug-likeness (QED) is 0.778. The van der Waals surface area contributed by atoms with Crippen molar-refractivity contribution in [3.63, 3.8) is 0 Å². The standard InChI is InChI=1S/C18H16BrFN2O2/c1-2-22-8-13-17(18(22)24)15(9-3-4-11(20)10(19)7-9)16-12(21-13)5-6-14(16)23/h3-4,7,15-16H,2,5-6,8H2,1H3. The lowest BCUT2D eigenvalue weighted by Gasteiger charge is -2.28. The number of amides is 1. The summed E-state index contributed by atoms with van der Waals surface area (Å²) in [4.78, 5) is 31.7. The van der Waals surface area contributed by atoms with E-state index in [4.69, 9.17) is 0 Å². The molecule has 2 atom stereocenters. The first-order valence-corrected chi connectivity index (χ1v) is 8.88. The van der Waals surface area contributed by atoms with Crippen molar-refractivity contribution in [2.24, 2.45) is 10.9 Å². The smallest absolute Gasteiger partial charge is 0.252 e. The van der Waals surface area contributed by atoms with Gasteiger partial charge in [-0.1, -0.05) is 6.07 Å². The van der Waals surface area contributed by atoms with Crippen LogP contribution in [0.1, 0.15) is 31.2 Å². The Kier molecular flexibility index (Phi) is 3.67. The zero-order chi connectivity index (χ0) is 17.0. The van der Waals surface area contributed by atoms with E-state index in [9.17, 15) is 14.0 Å². The molecule has 1 aliphatic carbocycles. The average Bonchev–Trinajstić information content (AvgIpc) is 3.09. The summed E-state index contributed by atoms with van der Waals surface area (Å²) in [7, 11) is 0. The summed E-state index contributed by atoms with van der Waals surface area (Å²) >= 11 is 3.21. The first kappa shape index (κ1) is 15.7. The molecule has 2 heterocycles. The molecule has 24 heavy (non-hydrogen) atoms. The van der Waals surface area contributed by atoms with Gasteiger partial charge in [0.1, 0.15) is 11.6 Å². The van der Waals surface area contributed by atoms with E-state index in [2.05, 4.69) is 20.9 Å². The van der Waals surface area contributed by atoms with Gasteiger partial charge in [-0.2, -0.15) is 0 Å². The summed E-state index contributed by atoms with van der Waals surface area (Å²) in [6.45, 7) is 3.03. The third-order valence-corrected chi connectivity index (χ3v) is 5.72. The van der Waals surface area contributed by atoms with Crippen molar-refractivity contribution >= 4 is 33.3 Å². The molecule has 0 N–H and O–H groups in total. The first-order chi connectivity index (χ1) is 11.5. The Morgan fingerprint density at radius 3 is 2.79 bits per heavy atom. The van der Waals surface area contributed by atoms with Crippen LogP contribution in [0.3, 0.4) is 0 Å². The summed E-state index contributed by atoms with van der Waals surface area (Å²) in [5.41, 5.74) is 3.04. The normalized spacial score (nSPS) is 26.0. The van der Waals surface area contributed by atoms with Crippen molar-refractivity contribution in [1.82, 2.24) is 4.90 Å². The number of hydrogen-bond acceptors (Lipinski definition) is 3. The molecule has 4 nitrogen and oxygen atoms in total. The minimum Gasteiger partial charge on any atom is -0.333 e. The van der Waals surface area contributed by atoms with Crippen LogP contribution in [0.25, 0.3) is 0 Å². The summed E-state index contributed by atoms with van der Waals surface area (Å²) in [6, 6.07) is 4.73. The van der Waals surface area contributed by atoms with Crippen molar-refractivity contribution in [3.8, 4) is 0 Å². The Bertz CT molecular complexity index is 830. The molecule has 2 unspecified atom stereocenters. The Hall–Kier alpha value is -1.82. The molecule has 4 rings (SSSR count). The minimum atomic E-state index is -0.387. The number of ketones is 1. The van der Waals surface area contributed by atoms with Gasteiger partial charge in [-0.3, -0.25) is 14.6 Å². The third-order valence-electron chi connectivity index (χ3n) is 5.11.